The van der Waals surface area contributed by atoms with Gasteiger partial charge in [-0.25, -0.2) is 4.79 Å². The molecule has 0 spiro atoms. The SMILES string of the molecule is COC(=O)c1cnn(CC(CC(F)(F)F)C(C#N)C#N)c1. The molecule has 6 nitrogen and oxygen atoms in total. The first-order valence-electron chi connectivity index (χ1n) is 5.77. The number of hydrogen-bond acceptors (Lipinski definition) is 5. The number of rotatable bonds is 5. The standard InChI is InChI=1S/C12H11F3N4O2/c1-21-11(20)10-5-18-19(7-10)6-8(2-12(13,14)15)9(3-16)4-17/h5,7-9H,2,6H2,1H3. The van der Waals surface area contributed by atoms with Crippen LogP contribution in [0, 0.1) is 34.5 Å². The van der Waals surface area contributed by atoms with Gasteiger partial charge in [-0.2, -0.15) is 28.8 Å². The van der Waals surface area contributed by atoms with E-state index in [-0.39, 0.29) is 12.1 Å². The minimum absolute atomic E-state index is 0.0775. The number of alkyl halides is 3. The van der Waals surface area contributed by atoms with Crippen molar-refractivity contribution in [3.63, 3.8) is 0 Å². The van der Waals surface area contributed by atoms with Gasteiger partial charge < -0.3 is 4.74 Å². The number of carbonyl (C=O) groups is 1. The van der Waals surface area contributed by atoms with Crippen molar-refractivity contribution < 1.29 is 22.7 Å². The van der Waals surface area contributed by atoms with Crippen LogP contribution in [0.2, 0.25) is 0 Å². The van der Waals surface area contributed by atoms with Gasteiger partial charge in [-0.15, -0.1) is 0 Å². The van der Waals surface area contributed by atoms with E-state index in [4.69, 9.17) is 10.5 Å². The first-order chi connectivity index (χ1) is 9.80. The van der Waals surface area contributed by atoms with E-state index in [9.17, 15) is 18.0 Å². The Morgan fingerprint density at radius 3 is 2.57 bits per heavy atom. The van der Waals surface area contributed by atoms with Crippen LogP contribution in [0.25, 0.3) is 0 Å². The van der Waals surface area contributed by atoms with Gasteiger partial charge in [0.1, 0.15) is 5.92 Å². The van der Waals surface area contributed by atoms with Crippen LogP contribution in [-0.4, -0.2) is 29.0 Å². The van der Waals surface area contributed by atoms with Crippen LogP contribution < -0.4 is 0 Å². The van der Waals surface area contributed by atoms with Gasteiger partial charge in [0.2, 0.25) is 0 Å². The van der Waals surface area contributed by atoms with Crippen molar-refractivity contribution in [2.75, 3.05) is 7.11 Å². The molecule has 0 aliphatic rings. The number of carbonyl (C=O) groups excluding carboxylic acids is 1. The van der Waals surface area contributed by atoms with Gasteiger partial charge in [0, 0.05) is 18.7 Å². The third kappa shape index (κ3) is 4.80. The second-order valence-corrected chi connectivity index (χ2v) is 4.26. The number of methoxy groups -OCH3 is 1. The third-order valence-electron chi connectivity index (χ3n) is 2.72. The van der Waals surface area contributed by atoms with Crippen molar-refractivity contribution in [2.24, 2.45) is 11.8 Å². The number of nitrogens with zero attached hydrogens (tertiary/aromatic N) is 4. The predicted molar refractivity (Wildman–Crippen MR) is 62.4 cm³/mol. The van der Waals surface area contributed by atoms with Gasteiger partial charge in [-0.05, 0) is 0 Å². The Labute approximate surface area is 118 Å². The predicted octanol–water partition coefficient (Wildman–Crippen LogP) is 1.90. The minimum atomic E-state index is -4.51. The average molecular weight is 300 g/mol. The lowest BCUT2D eigenvalue weighted by Gasteiger charge is -2.19. The highest BCUT2D eigenvalue weighted by Gasteiger charge is 2.36. The molecule has 1 aromatic heterocycles. The highest BCUT2D eigenvalue weighted by molar-refractivity contribution is 5.88. The molecule has 0 aliphatic carbocycles. The number of hydrogen-bond donors (Lipinski definition) is 0. The van der Waals surface area contributed by atoms with Crippen molar-refractivity contribution in [3.8, 4) is 12.1 Å². The number of esters is 1. The molecular weight excluding hydrogens is 289 g/mol. The molecule has 1 atom stereocenters. The summed E-state index contributed by atoms with van der Waals surface area (Å²) in [4.78, 5) is 11.2. The molecule has 0 aromatic carbocycles. The van der Waals surface area contributed by atoms with Crippen molar-refractivity contribution in [3.05, 3.63) is 18.0 Å². The Bertz CT molecular complexity index is 569. The van der Waals surface area contributed by atoms with Gasteiger partial charge in [0.15, 0.2) is 0 Å². The fourth-order valence-electron chi connectivity index (χ4n) is 1.75. The van der Waals surface area contributed by atoms with Crippen LogP contribution in [0.15, 0.2) is 12.4 Å². The summed E-state index contributed by atoms with van der Waals surface area (Å²) in [6, 6.07) is 3.08. The average Bonchev–Trinajstić information content (AvgIpc) is 2.86. The van der Waals surface area contributed by atoms with Gasteiger partial charge in [0.05, 0.1) is 37.4 Å². The summed E-state index contributed by atoms with van der Waals surface area (Å²) in [6.45, 7) is -0.303. The summed E-state index contributed by atoms with van der Waals surface area (Å²) in [5.74, 6) is -3.37. The van der Waals surface area contributed by atoms with Crippen LogP contribution in [0.1, 0.15) is 16.8 Å². The zero-order valence-electron chi connectivity index (χ0n) is 11.0. The molecule has 1 rings (SSSR count). The topological polar surface area (TPSA) is 91.7 Å². The third-order valence-corrected chi connectivity index (χ3v) is 2.72. The van der Waals surface area contributed by atoms with Gasteiger partial charge in [-0.3, -0.25) is 4.68 Å². The largest absolute Gasteiger partial charge is 0.465 e. The quantitative estimate of drug-likeness (QED) is 0.774. The fraction of sp³-hybridized carbons (Fsp3) is 0.500. The monoisotopic (exact) mass is 300 g/mol. The van der Waals surface area contributed by atoms with Crippen molar-refractivity contribution in [2.45, 2.75) is 19.1 Å². The fourth-order valence-corrected chi connectivity index (χ4v) is 1.75. The summed E-state index contributed by atoms with van der Waals surface area (Å²) in [5, 5.41) is 21.3. The summed E-state index contributed by atoms with van der Waals surface area (Å²) >= 11 is 0. The number of nitriles is 2. The lowest BCUT2D eigenvalue weighted by atomic mass is 9.91. The van der Waals surface area contributed by atoms with E-state index < -0.39 is 30.4 Å². The van der Waals surface area contributed by atoms with Crippen LogP contribution >= 0.6 is 0 Å². The van der Waals surface area contributed by atoms with Gasteiger partial charge in [0.25, 0.3) is 0 Å². The van der Waals surface area contributed by atoms with Crippen LogP contribution in [0.4, 0.5) is 13.2 Å². The maximum Gasteiger partial charge on any atom is 0.389 e. The van der Waals surface area contributed by atoms with Crippen molar-refractivity contribution in [1.82, 2.24) is 9.78 Å². The number of aromatic nitrogens is 2. The number of halogens is 3. The zero-order chi connectivity index (χ0) is 16.0. The molecule has 0 amide bonds. The molecule has 1 unspecified atom stereocenters. The molecule has 0 saturated carbocycles. The molecule has 1 aromatic rings. The molecule has 0 fully saturated rings. The van der Waals surface area contributed by atoms with Gasteiger partial charge >= 0.3 is 12.1 Å². The summed E-state index contributed by atoms with van der Waals surface area (Å²) in [5.41, 5.74) is 0.0775. The van der Waals surface area contributed by atoms with Gasteiger partial charge in [-0.1, -0.05) is 0 Å². The molecular formula is C12H11F3N4O2. The Morgan fingerprint density at radius 1 is 1.48 bits per heavy atom. The highest BCUT2D eigenvalue weighted by atomic mass is 19.4. The number of ether oxygens (including phenoxy) is 1. The maximum absolute atomic E-state index is 12.5. The molecule has 21 heavy (non-hydrogen) atoms. The minimum Gasteiger partial charge on any atom is -0.465 e. The second kappa shape index (κ2) is 6.75. The molecule has 0 N–H and O–H groups in total. The van der Waals surface area contributed by atoms with Crippen LogP contribution in [0.3, 0.4) is 0 Å². The van der Waals surface area contributed by atoms with Crippen LogP contribution in [0.5, 0.6) is 0 Å². The Balaban J connectivity index is 2.91. The van der Waals surface area contributed by atoms with E-state index in [1.807, 2.05) is 0 Å². The first kappa shape index (κ1) is 16.5. The summed E-state index contributed by atoms with van der Waals surface area (Å²) < 4.78 is 43.1. The Morgan fingerprint density at radius 2 is 2.10 bits per heavy atom. The molecule has 112 valence electrons. The van der Waals surface area contributed by atoms with E-state index in [2.05, 4.69) is 9.84 Å². The zero-order valence-corrected chi connectivity index (χ0v) is 11.0. The summed E-state index contributed by atoms with van der Waals surface area (Å²) in [7, 11) is 1.16. The van der Waals surface area contributed by atoms with E-state index in [1.165, 1.54) is 6.20 Å². The van der Waals surface area contributed by atoms with E-state index >= 15 is 0 Å². The molecule has 0 radical (unpaired) electrons. The van der Waals surface area contributed by atoms with Crippen LogP contribution in [-0.2, 0) is 11.3 Å². The Kier molecular flexibility index (Phi) is 5.30. The normalized spacial score (nSPS) is 12.5. The summed E-state index contributed by atoms with van der Waals surface area (Å²) in [6.07, 6.45) is -3.44. The van der Waals surface area contributed by atoms with Crippen molar-refractivity contribution in [1.29, 1.82) is 10.5 Å². The molecule has 0 aliphatic heterocycles. The van der Waals surface area contributed by atoms with Crippen molar-refractivity contribution >= 4 is 5.97 Å². The van der Waals surface area contributed by atoms with E-state index in [1.54, 1.807) is 12.1 Å². The lowest BCUT2D eigenvalue weighted by molar-refractivity contribution is -0.147. The maximum atomic E-state index is 12.5. The van der Waals surface area contributed by atoms with E-state index in [0.29, 0.717) is 0 Å². The molecule has 9 heteroatoms. The second-order valence-electron chi connectivity index (χ2n) is 4.26. The highest BCUT2D eigenvalue weighted by Crippen LogP contribution is 2.30. The Hall–Kier alpha value is -2.55. The molecule has 0 bridgehead atoms. The first-order valence-corrected chi connectivity index (χ1v) is 5.77. The molecule has 1 heterocycles. The van der Waals surface area contributed by atoms with E-state index in [0.717, 1.165) is 18.0 Å². The lowest BCUT2D eigenvalue weighted by Crippen LogP contribution is -2.25. The smallest absolute Gasteiger partial charge is 0.389 e. The molecule has 0 saturated heterocycles.